The van der Waals surface area contributed by atoms with Crippen LogP contribution in [0.25, 0.3) is 10.8 Å². The number of carbonyl (C=O) groups excluding carboxylic acids is 1. The molecule has 3 rings (SSSR count). The van der Waals surface area contributed by atoms with Crippen molar-refractivity contribution >= 4 is 22.4 Å². The Morgan fingerprint density at radius 1 is 1.39 bits per heavy atom. The Labute approximate surface area is 133 Å². The van der Waals surface area contributed by atoms with E-state index in [2.05, 4.69) is 15.6 Å². The second-order valence-corrected chi connectivity index (χ2v) is 6.54. The molecule has 2 heterocycles. The monoisotopic (exact) mass is 317 g/mol. The van der Waals surface area contributed by atoms with Gasteiger partial charge >= 0.3 is 0 Å². The maximum absolute atomic E-state index is 14.6. The number of amides is 1. The minimum absolute atomic E-state index is 0.192. The number of hydrogen-bond donors (Lipinski definition) is 3. The highest BCUT2D eigenvalue weighted by molar-refractivity contribution is 5.96. The van der Waals surface area contributed by atoms with Crippen molar-refractivity contribution in [1.82, 2.24) is 10.3 Å². The number of rotatable bonds is 3. The van der Waals surface area contributed by atoms with E-state index in [1.165, 1.54) is 0 Å². The van der Waals surface area contributed by atoms with Crippen LogP contribution < -0.4 is 16.2 Å². The SMILES string of the molecule is CC1(C)NCCC1C(F)C(=O)Nc1ccc2c(=O)[nH]ccc2c1. The van der Waals surface area contributed by atoms with Gasteiger partial charge in [0.05, 0.1) is 0 Å². The Morgan fingerprint density at radius 3 is 2.87 bits per heavy atom. The molecule has 6 heteroatoms. The highest BCUT2D eigenvalue weighted by Crippen LogP contribution is 2.31. The fourth-order valence-corrected chi connectivity index (χ4v) is 3.22. The first-order valence-corrected chi connectivity index (χ1v) is 7.70. The van der Waals surface area contributed by atoms with Crippen molar-refractivity contribution in [2.24, 2.45) is 5.92 Å². The number of benzene rings is 1. The van der Waals surface area contributed by atoms with Crippen molar-refractivity contribution in [1.29, 1.82) is 0 Å². The number of fused-ring (bicyclic) bond motifs is 1. The van der Waals surface area contributed by atoms with Gasteiger partial charge in [0, 0.05) is 28.7 Å². The van der Waals surface area contributed by atoms with Crippen LogP contribution in [-0.4, -0.2) is 29.1 Å². The van der Waals surface area contributed by atoms with Crippen LogP contribution in [0, 0.1) is 5.92 Å². The fraction of sp³-hybridized carbons (Fsp3) is 0.412. The maximum atomic E-state index is 14.6. The average Bonchev–Trinajstić information content (AvgIpc) is 2.86. The Balaban J connectivity index is 1.79. The van der Waals surface area contributed by atoms with Gasteiger partial charge in [-0.15, -0.1) is 0 Å². The van der Waals surface area contributed by atoms with E-state index in [-0.39, 0.29) is 11.5 Å². The Hall–Kier alpha value is -2.21. The highest BCUT2D eigenvalue weighted by Gasteiger charge is 2.42. The number of hydrogen-bond acceptors (Lipinski definition) is 3. The highest BCUT2D eigenvalue weighted by atomic mass is 19.1. The predicted molar refractivity (Wildman–Crippen MR) is 88.3 cm³/mol. The van der Waals surface area contributed by atoms with Gasteiger partial charge in [0.25, 0.3) is 11.5 Å². The number of pyridine rings is 1. The summed E-state index contributed by atoms with van der Waals surface area (Å²) < 4.78 is 14.6. The molecular formula is C17H20FN3O2. The second kappa shape index (κ2) is 5.77. The van der Waals surface area contributed by atoms with Crippen LogP contribution in [0.15, 0.2) is 35.3 Å². The summed E-state index contributed by atoms with van der Waals surface area (Å²) in [6.45, 7) is 4.53. The number of H-pyrrole nitrogens is 1. The summed E-state index contributed by atoms with van der Waals surface area (Å²) in [6.07, 6.45) is 0.602. The molecule has 3 N–H and O–H groups in total. The number of anilines is 1. The zero-order valence-electron chi connectivity index (χ0n) is 13.2. The van der Waals surface area contributed by atoms with Crippen molar-refractivity contribution in [3.63, 3.8) is 0 Å². The third-order valence-corrected chi connectivity index (χ3v) is 4.61. The molecule has 23 heavy (non-hydrogen) atoms. The minimum Gasteiger partial charge on any atom is -0.329 e. The van der Waals surface area contributed by atoms with Gasteiger partial charge in [0.1, 0.15) is 0 Å². The number of alkyl halides is 1. The molecule has 1 aromatic carbocycles. The molecule has 0 spiro atoms. The molecule has 0 aliphatic carbocycles. The van der Waals surface area contributed by atoms with Crippen LogP contribution in [0.5, 0.6) is 0 Å². The molecular weight excluding hydrogens is 297 g/mol. The number of halogens is 1. The van der Waals surface area contributed by atoms with Crippen LogP contribution in [0.4, 0.5) is 10.1 Å². The van der Waals surface area contributed by atoms with Crippen LogP contribution in [-0.2, 0) is 4.79 Å². The molecule has 1 aliphatic heterocycles. The third-order valence-electron chi connectivity index (χ3n) is 4.61. The lowest BCUT2D eigenvalue weighted by atomic mass is 9.85. The Kier molecular flexibility index (Phi) is 3.93. The summed E-state index contributed by atoms with van der Waals surface area (Å²) in [5.41, 5.74) is -0.102. The van der Waals surface area contributed by atoms with E-state index < -0.39 is 17.6 Å². The van der Waals surface area contributed by atoms with Crippen molar-refractivity contribution in [3.05, 3.63) is 40.8 Å². The molecule has 2 atom stereocenters. The summed E-state index contributed by atoms with van der Waals surface area (Å²) in [4.78, 5) is 26.5. The largest absolute Gasteiger partial charge is 0.329 e. The van der Waals surface area contributed by atoms with Crippen molar-refractivity contribution in [2.75, 3.05) is 11.9 Å². The van der Waals surface area contributed by atoms with Gasteiger partial charge in [0.15, 0.2) is 6.17 Å². The molecule has 1 aliphatic rings. The quantitative estimate of drug-likeness (QED) is 0.812. The zero-order chi connectivity index (χ0) is 16.6. The molecule has 0 bridgehead atoms. The van der Waals surface area contributed by atoms with Crippen LogP contribution in [0.3, 0.4) is 0 Å². The van der Waals surface area contributed by atoms with Gasteiger partial charge in [-0.3, -0.25) is 9.59 Å². The van der Waals surface area contributed by atoms with E-state index in [1.807, 2.05) is 13.8 Å². The van der Waals surface area contributed by atoms with E-state index in [0.29, 0.717) is 29.4 Å². The average molecular weight is 317 g/mol. The zero-order valence-corrected chi connectivity index (χ0v) is 13.2. The first-order chi connectivity index (χ1) is 10.9. The molecule has 122 valence electrons. The molecule has 1 saturated heterocycles. The molecule has 2 aromatic rings. The van der Waals surface area contributed by atoms with Gasteiger partial charge in [-0.1, -0.05) is 0 Å². The van der Waals surface area contributed by atoms with E-state index in [1.54, 1.807) is 30.5 Å². The fourth-order valence-electron chi connectivity index (χ4n) is 3.22. The topological polar surface area (TPSA) is 74.0 Å². The van der Waals surface area contributed by atoms with Crippen molar-refractivity contribution < 1.29 is 9.18 Å². The smallest absolute Gasteiger partial charge is 0.259 e. The molecule has 0 saturated carbocycles. The molecule has 1 aromatic heterocycles. The number of carbonyl (C=O) groups is 1. The molecule has 2 unspecified atom stereocenters. The van der Waals surface area contributed by atoms with Gasteiger partial charge in [-0.2, -0.15) is 0 Å². The molecule has 1 amide bonds. The summed E-state index contributed by atoms with van der Waals surface area (Å²) in [6, 6.07) is 6.65. The van der Waals surface area contributed by atoms with Crippen LogP contribution >= 0.6 is 0 Å². The first kappa shape index (κ1) is 15.7. The van der Waals surface area contributed by atoms with Gasteiger partial charge in [0.2, 0.25) is 0 Å². The number of nitrogens with one attached hydrogen (secondary N) is 3. The summed E-state index contributed by atoms with van der Waals surface area (Å²) in [5, 5.41) is 7.06. The lowest BCUT2D eigenvalue weighted by molar-refractivity contribution is -0.123. The van der Waals surface area contributed by atoms with Crippen LogP contribution in [0.1, 0.15) is 20.3 Å². The van der Waals surface area contributed by atoms with E-state index in [9.17, 15) is 14.0 Å². The normalized spacial score (nSPS) is 21.3. The van der Waals surface area contributed by atoms with Crippen LogP contribution in [0.2, 0.25) is 0 Å². The second-order valence-electron chi connectivity index (χ2n) is 6.54. The Bertz CT molecular complexity index is 800. The van der Waals surface area contributed by atoms with E-state index >= 15 is 0 Å². The summed E-state index contributed by atoms with van der Waals surface area (Å²) in [5.74, 6) is -0.998. The first-order valence-electron chi connectivity index (χ1n) is 7.70. The lowest BCUT2D eigenvalue weighted by Gasteiger charge is -2.29. The third kappa shape index (κ3) is 2.99. The van der Waals surface area contributed by atoms with Crippen molar-refractivity contribution in [3.8, 4) is 0 Å². The predicted octanol–water partition coefficient (Wildman–Crippen LogP) is 2.19. The minimum atomic E-state index is -1.57. The molecule has 1 fully saturated rings. The number of aromatic amines is 1. The summed E-state index contributed by atoms with van der Waals surface area (Å²) in [7, 11) is 0. The van der Waals surface area contributed by atoms with E-state index in [4.69, 9.17) is 0 Å². The van der Waals surface area contributed by atoms with E-state index in [0.717, 1.165) is 0 Å². The van der Waals surface area contributed by atoms with Crippen molar-refractivity contribution in [2.45, 2.75) is 32.0 Å². The standard InChI is InChI=1S/C17H20FN3O2/c1-17(2)13(6-8-20-17)14(18)16(23)21-11-3-4-12-10(9-11)5-7-19-15(12)22/h3-5,7,9,13-14,20H,6,8H2,1-2H3,(H,19,22)(H,21,23). The molecule has 0 radical (unpaired) electrons. The van der Waals surface area contributed by atoms with Gasteiger partial charge in [-0.25, -0.2) is 4.39 Å². The lowest BCUT2D eigenvalue weighted by Crippen LogP contribution is -2.45. The van der Waals surface area contributed by atoms with Gasteiger partial charge in [-0.05, 0) is 56.5 Å². The Morgan fingerprint density at radius 2 is 2.17 bits per heavy atom. The van der Waals surface area contributed by atoms with Gasteiger partial charge < -0.3 is 15.6 Å². The number of aromatic nitrogens is 1. The maximum Gasteiger partial charge on any atom is 0.259 e. The summed E-state index contributed by atoms with van der Waals surface area (Å²) >= 11 is 0. The molecule has 5 nitrogen and oxygen atoms in total.